The predicted molar refractivity (Wildman–Crippen MR) is 96.7 cm³/mol. The topological polar surface area (TPSA) is 85.3 Å². The molecule has 0 spiro atoms. The number of carboxylic acid groups (broad SMARTS) is 1. The second-order valence-corrected chi connectivity index (χ2v) is 6.16. The molecule has 2 atom stereocenters. The highest BCUT2D eigenvalue weighted by Crippen LogP contribution is 2.33. The lowest BCUT2D eigenvalue weighted by molar-refractivity contribution is -0.174. The van der Waals surface area contributed by atoms with E-state index in [-0.39, 0.29) is 19.1 Å². The van der Waals surface area contributed by atoms with Crippen LogP contribution in [-0.2, 0) is 20.9 Å². The van der Waals surface area contributed by atoms with E-state index in [9.17, 15) is 14.7 Å². The Morgan fingerprint density at radius 1 is 1.07 bits per heavy atom. The van der Waals surface area contributed by atoms with Crippen LogP contribution in [0.1, 0.15) is 17.2 Å². The summed E-state index contributed by atoms with van der Waals surface area (Å²) < 4.78 is 15.6. The van der Waals surface area contributed by atoms with Gasteiger partial charge in [-0.05, 0) is 35.4 Å². The van der Waals surface area contributed by atoms with Gasteiger partial charge in [-0.25, -0.2) is 4.79 Å². The van der Waals surface area contributed by atoms with Crippen molar-refractivity contribution in [2.75, 3.05) is 20.8 Å². The van der Waals surface area contributed by atoms with Crippen LogP contribution in [0.2, 0.25) is 0 Å². The maximum Gasteiger partial charge on any atom is 0.335 e. The molecule has 2 aromatic carbocycles. The van der Waals surface area contributed by atoms with Crippen molar-refractivity contribution in [2.24, 2.45) is 0 Å². The number of carbonyl (C=O) groups excluding carboxylic acids is 1. The summed E-state index contributed by atoms with van der Waals surface area (Å²) in [5.41, 5.74) is 1.54. The maximum atomic E-state index is 12.6. The van der Waals surface area contributed by atoms with Crippen LogP contribution in [0.5, 0.6) is 11.5 Å². The number of morpholine rings is 1. The Morgan fingerprint density at radius 3 is 2.15 bits per heavy atom. The molecule has 0 aliphatic carbocycles. The Hall–Kier alpha value is -3.06. The molecule has 1 amide bonds. The minimum Gasteiger partial charge on any atom is -0.497 e. The third kappa shape index (κ3) is 4.03. The van der Waals surface area contributed by atoms with Gasteiger partial charge in [0.2, 0.25) is 5.91 Å². The lowest BCUT2D eigenvalue weighted by Gasteiger charge is -2.39. The summed E-state index contributed by atoms with van der Waals surface area (Å²) >= 11 is 0. The molecule has 27 heavy (non-hydrogen) atoms. The Balaban J connectivity index is 1.94. The lowest BCUT2D eigenvalue weighted by Crippen LogP contribution is -2.51. The highest BCUT2D eigenvalue weighted by atomic mass is 16.5. The van der Waals surface area contributed by atoms with Crippen LogP contribution in [-0.4, -0.2) is 48.8 Å². The number of carbonyl (C=O) groups is 2. The van der Waals surface area contributed by atoms with Crippen molar-refractivity contribution in [1.82, 2.24) is 4.90 Å². The van der Waals surface area contributed by atoms with Crippen molar-refractivity contribution in [2.45, 2.75) is 18.7 Å². The average Bonchev–Trinajstić information content (AvgIpc) is 2.70. The fourth-order valence-electron chi connectivity index (χ4n) is 3.13. The Kier molecular flexibility index (Phi) is 5.61. The van der Waals surface area contributed by atoms with Crippen molar-refractivity contribution in [3.05, 3.63) is 59.7 Å². The van der Waals surface area contributed by atoms with E-state index in [4.69, 9.17) is 14.2 Å². The first-order chi connectivity index (χ1) is 13.0. The minimum atomic E-state index is -1.14. The molecule has 7 nitrogen and oxygen atoms in total. The summed E-state index contributed by atoms with van der Waals surface area (Å²) in [5.74, 6) is -0.00950. The number of amides is 1. The molecule has 1 heterocycles. The van der Waals surface area contributed by atoms with Gasteiger partial charge in [-0.15, -0.1) is 0 Å². The molecule has 7 heteroatoms. The molecule has 0 saturated carbocycles. The van der Waals surface area contributed by atoms with Crippen molar-refractivity contribution in [3.8, 4) is 11.5 Å². The van der Waals surface area contributed by atoms with Crippen LogP contribution in [0, 0.1) is 0 Å². The summed E-state index contributed by atoms with van der Waals surface area (Å²) in [6.07, 6.45) is -1.14. The van der Waals surface area contributed by atoms with Gasteiger partial charge in [0.15, 0.2) is 6.10 Å². The van der Waals surface area contributed by atoms with E-state index >= 15 is 0 Å². The van der Waals surface area contributed by atoms with E-state index in [1.165, 1.54) is 0 Å². The van der Waals surface area contributed by atoms with Gasteiger partial charge >= 0.3 is 5.97 Å². The van der Waals surface area contributed by atoms with Gasteiger partial charge in [0.25, 0.3) is 0 Å². The first-order valence-electron chi connectivity index (χ1n) is 8.44. The molecule has 142 valence electrons. The molecular weight excluding hydrogens is 350 g/mol. The number of methoxy groups -OCH3 is 2. The zero-order valence-corrected chi connectivity index (χ0v) is 15.1. The van der Waals surface area contributed by atoms with Crippen molar-refractivity contribution in [1.29, 1.82) is 0 Å². The quantitative estimate of drug-likeness (QED) is 0.838. The minimum absolute atomic E-state index is 0.260. The molecule has 1 N–H and O–H groups in total. The van der Waals surface area contributed by atoms with E-state index in [2.05, 4.69) is 0 Å². The Morgan fingerprint density at radius 2 is 1.63 bits per heavy atom. The molecule has 0 unspecified atom stereocenters. The van der Waals surface area contributed by atoms with E-state index in [1.54, 1.807) is 55.5 Å². The molecule has 1 saturated heterocycles. The van der Waals surface area contributed by atoms with Crippen molar-refractivity contribution >= 4 is 11.9 Å². The van der Waals surface area contributed by atoms with Crippen LogP contribution >= 0.6 is 0 Å². The molecule has 1 fully saturated rings. The smallest absolute Gasteiger partial charge is 0.335 e. The third-order valence-electron chi connectivity index (χ3n) is 4.54. The van der Waals surface area contributed by atoms with Gasteiger partial charge in [-0.1, -0.05) is 24.3 Å². The zero-order chi connectivity index (χ0) is 19.4. The number of benzene rings is 2. The van der Waals surface area contributed by atoms with Gasteiger partial charge in [-0.3, -0.25) is 4.79 Å². The monoisotopic (exact) mass is 371 g/mol. The average molecular weight is 371 g/mol. The van der Waals surface area contributed by atoms with Crippen molar-refractivity contribution in [3.63, 3.8) is 0 Å². The van der Waals surface area contributed by atoms with E-state index < -0.39 is 18.1 Å². The first-order valence-corrected chi connectivity index (χ1v) is 8.44. The largest absolute Gasteiger partial charge is 0.497 e. The zero-order valence-electron chi connectivity index (χ0n) is 15.1. The number of rotatable bonds is 6. The van der Waals surface area contributed by atoms with Gasteiger partial charge in [0.1, 0.15) is 18.1 Å². The van der Waals surface area contributed by atoms with Crippen LogP contribution in [0.25, 0.3) is 0 Å². The molecule has 2 aromatic rings. The summed E-state index contributed by atoms with van der Waals surface area (Å²) in [6.45, 7) is 0.00639. The normalized spacial score (nSPS) is 19.6. The molecule has 1 aliphatic rings. The van der Waals surface area contributed by atoms with E-state index in [0.29, 0.717) is 17.1 Å². The van der Waals surface area contributed by atoms with Gasteiger partial charge < -0.3 is 24.2 Å². The SMILES string of the molecule is COc1ccc(CN2C(=O)CO[C@@H](C(=O)O)[C@@H]2c2ccc(OC)cc2)cc1. The standard InChI is InChI=1S/C20H21NO6/c1-25-15-7-3-13(4-8-15)11-21-17(22)12-27-19(20(23)24)18(21)14-5-9-16(26-2)10-6-14/h3-10,18-19H,11-12H2,1-2H3,(H,23,24)/t18-,19+/m0/s1. The highest BCUT2D eigenvalue weighted by Gasteiger charge is 2.41. The van der Waals surface area contributed by atoms with Crippen LogP contribution in [0.4, 0.5) is 0 Å². The van der Waals surface area contributed by atoms with Gasteiger partial charge in [-0.2, -0.15) is 0 Å². The van der Waals surface area contributed by atoms with Crippen LogP contribution in [0.3, 0.4) is 0 Å². The lowest BCUT2D eigenvalue weighted by atomic mass is 9.97. The number of hydrogen-bond donors (Lipinski definition) is 1. The Labute approximate surface area is 157 Å². The summed E-state index contributed by atoms with van der Waals surface area (Å²) in [4.78, 5) is 25.8. The second kappa shape index (κ2) is 8.09. The number of carboxylic acids is 1. The van der Waals surface area contributed by atoms with Gasteiger partial charge in [0, 0.05) is 6.54 Å². The predicted octanol–water partition coefficient (Wildman–Crippen LogP) is 2.26. The van der Waals surface area contributed by atoms with Gasteiger partial charge in [0.05, 0.1) is 20.3 Å². The number of aliphatic carboxylic acids is 1. The molecule has 0 radical (unpaired) electrons. The second-order valence-electron chi connectivity index (χ2n) is 6.16. The van der Waals surface area contributed by atoms with Crippen LogP contribution in [0.15, 0.2) is 48.5 Å². The summed E-state index contributed by atoms with van der Waals surface area (Å²) in [7, 11) is 3.13. The number of nitrogens with zero attached hydrogens (tertiary/aromatic N) is 1. The van der Waals surface area contributed by atoms with E-state index in [0.717, 1.165) is 5.56 Å². The van der Waals surface area contributed by atoms with Crippen LogP contribution < -0.4 is 9.47 Å². The fraction of sp³-hybridized carbons (Fsp3) is 0.300. The summed E-state index contributed by atoms with van der Waals surface area (Å²) in [5, 5.41) is 9.60. The molecule has 1 aliphatic heterocycles. The van der Waals surface area contributed by atoms with Crippen molar-refractivity contribution < 1.29 is 28.9 Å². The molecular formula is C20H21NO6. The van der Waals surface area contributed by atoms with E-state index in [1.807, 2.05) is 12.1 Å². The molecule has 0 bridgehead atoms. The fourth-order valence-corrected chi connectivity index (χ4v) is 3.13. The highest BCUT2D eigenvalue weighted by molar-refractivity contribution is 5.83. The number of hydrogen-bond acceptors (Lipinski definition) is 5. The third-order valence-corrected chi connectivity index (χ3v) is 4.54. The maximum absolute atomic E-state index is 12.6. The molecule has 0 aromatic heterocycles. The summed E-state index contributed by atoms with van der Waals surface area (Å²) in [6, 6.07) is 13.5. The number of ether oxygens (including phenoxy) is 3. The molecule has 3 rings (SSSR count). The first kappa shape index (κ1) is 18.7. The Bertz CT molecular complexity index is 802.